The molecular formula is C13H19NO. The number of aryl methyl sites for hydroxylation is 1. The summed E-state index contributed by atoms with van der Waals surface area (Å²) in [6.45, 7) is 4.12. The van der Waals surface area contributed by atoms with Crippen molar-refractivity contribution < 1.29 is 4.74 Å². The number of benzene rings is 1. The number of likely N-dealkylation sites (N-methyl/N-ethyl adjacent to an activating group) is 1. The summed E-state index contributed by atoms with van der Waals surface area (Å²) in [5, 5.41) is 0. The second kappa shape index (κ2) is 4.33. The Balaban J connectivity index is 2.39. The van der Waals surface area contributed by atoms with E-state index in [1.54, 1.807) is 7.11 Å². The first-order chi connectivity index (χ1) is 7.24. The van der Waals surface area contributed by atoms with Crippen LogP contribution in [0.25, 0.3) is 0 Å². The van der Waals surface area contributed by atoms with Gasteiger partial charge in [0.2, 0.25) is 0 Å². The van der Waals surface area contributed by atoms with E-state index in [2.05, 4.69) is 37.1 Å². The Morgan fingerprint density at radius 2 is 2.27 bits per heavy atom. The Morgan fingerprint density at radius 3 is 3.00 bits per heavy atom. The number of nitrogens with zero attached hydrogens (tertiary/aromatic N) is 1. The number of hydrogen-bond donors (Lipinski definition) is 0. The van der Waals surface area contributed by atoms with Crippen molar-refractivity contribution >= 4 is 0 Å². The van der Waals surface area contributed by atoms with Crippen molar-refractivity contribution in [3.05, 3.63) is 34.9 Å². The highest BCUT2D eigenvalue weighted by atomic mass is 16.5. The van der Waals surface area contributed by atoms with Crippen LogP contribution in [0, 0.1) is 6.92 Å². The molecule has 1 heterocycles. The third-order valence-electron chi connectivity index (χ3n) is 3.38. The molecule has 82 valence electrons. The molecule has 0 fully saturated rings. The first-order valence-electron chi connectivity index (χ1n) is 5.51. The molecule has 0 aliphatic carbocycles. The number of rotatable bonds is 2. The predicted molar refractivity (Wildman–Crippen MR) is 62.1 cm³/mol. The van der Waals surface area contributed by atoms with Crippen LogP contribution in [0.1, 0.15) is 22.7 Å². The molecule has 1 aliphatic rings. The number of methoxy groups -OCH3 is 1. The fourth-order valence-electron chi connectivity index (χ4n) is 2.43. The number of ether oxygens (including phenoxy) is 1. The van der Waals surface area contributed by atoms with E-state index in [0.717, 1.165) is 13.2 Å². The van der Waals surface area contributed by atoms with E-state index in [1.165, 1.54) is 23.1 Å². The third kappa shape index (κ3) is 1.92. The summed E-state index contributed by atoms with van der Waals surface area (Å²) in [6.07, 6.45) is 1.17. The summed E-state index contributed by atoms with van der Waals surface area (Å²) in [7, 11) is 3.95. The Kier molecular flexibility index (Phi) is 3.08. The zero-order valence-corrected chi connectivity index (χ0v) is 9.79. The Hall–Kier alpha value is -0.860. The van der Waals surface area contributed by atoms with Gasteiger partial charge in [0.25, 0.3) is 0 Å². The van der Waals surface area contributed by atoms with Crippen molar-refractivity contribution in [3.8, 4) is 0 Å². The average Bonchev–Trinajstić information content (AvgIpc) is 2.23. The molecule has 0 amide bonds. The van der Waals surface area contributed by atoms with E-state index in [0.29, 0.717) is 6.04 Å². The summed E-state index contributed by atoms with van der Waals surface area (Å²) in [6, 6.07) is 7.02. The monoisotopic (exact) mass is 205 g/mol. The zero-order chi connectivity index (χ0) is 10.8. The maximum atomic E-state index is 5.31. The number of hydrogen-bond acceptors (Lipinski definition) is 2. The first kappa shape index (κ1) is 10.7. The minimum absolute atomic E-state index is 0.429. The van der Waals surface area contributed by atoms with Crippen molar-refractivity contribution in [2.24, 2.45) is 0 Å². The van der Waals surface area contributed by atoms with Crippen LogP contribution >= 0.6 is 0 Å². The molecule has 0 saturated carbocycles. The molecule has 15 heavy (non-hydrogen) atoms. The molecule has 0 aromatic heterocycles. The summed E-state index contributed by atoms with van der Waals surface area (Å²) < 4.78 is 5.31. The van der Waals surface area contributed by atoms with E-state index < -0.39 is 0 Å². The van der Waals surface area contributed by atoms with Crippen molar-refractivity contribution in [1.29, 1.82) is 0 Å². The fraction of sp³-hybridized carbons (Fsp3) is 0.538. The molecule has 0 N–H and O–H groups in total. The van der Waals surface area contributed by atoms with E-state index in [4.69, 9.17) is 4.74 Å². The Bertz CT molecular complexity index is 348. The SMILES string of the molecule is COCC1c2cccc(C)c2CCN1C. The maximum Gasteiger partial charge on any atom is 0.0659 e. The van der Waals surface area contributed by atoms with Gasteiger partial charge in [-0.1, -0.05) is 18.2 Å². The van der Waals surface area contributed by atoms with Crippen LogP contribution in [0.5, 0.6) is 0 Å². The van der Waals surface area contributed by atoms with Gasteiger partial charge in [0.15, 0.2) is 0 Å². The molecule has 2 rings (SSSR count). The molecule has 1 aliphatic heterocycles. The predicted octanol–water partition coefficient (Wildman–Crippen LogP) is 2.17. The molecule has 0 bridgehead atoms. The molecule has 0 radical (unpaired) electrons. The molecule has 0 spiro atoms. The minimum atomic E-state index is 0.429. The largest absolute Gasteiger partial charge is 0.383 e. The van der Waals surface area contributed by atoms with Crippen LogP contribution in [0.4, 0.5) is 0 Å². The molecule has 1 aromatic rings. The van der Waals surface area contributed by atoms with Gasteiger partial charge in [-0.05, 0) is 37.1 Å². The van der Waals surface area contributed by atoms with Gasteiger partial charge in [-0.2, -0.15) is 0 Å². The Morgan fingerprint density at radius 1 is 1.47 bits per heavy atom. The first-order valence-corrected chi connectivity index (χ1v) is 5.51. The smallest absolute Gasteiger partial charge is 0.0659 e. The van der Waals surface area contributed by atoms with Gasteiger partial charge < -0.3 is 4.74 Å². The zero-order valence-electron chi connectivity index (χ0n) is 9.79. The highest BCUT2D eigenvalue weighted by molar-refractivity contribution is 5.38. The van der Waals surface area contributed by atoms with Crippen molar-refractivity contribution in [2.45, 2.75) is 19.4 Å². The molecule has 1 aromatic carbocycles. The van der Waals surface area contributed by atoms with Crippen LogP contribution < -0.4 is 0 Å². The maximum absolute atomic E-state index is 5.31. The summed E-state index contributed by atoms with van der Waals surface area (Å²) in [5.41, 5.74) is 4.39. The van der Waals surface area contributed by atoms with Crippen LogP contribution in [-0.4, -0.2) is 32.2 Å². The molecular weight excluding hydrogens is 186 g/mol. The van der Waals surface area contributed by atoms with Gasteiger partial charge in [0.1, 0.15) is 0 Å². The second-order valence-corrected chi connectivity index (χ2v) is 4.34. The minimum Gasteiger partial charge on any atom is -0.383 e. The lowest BCUT2D eigenvalue weighted by atomic mass is 9.90. The van der Waals surface area contributed by atoms with Crippen molar-refractivity contribution in [1.82, 2.24) is 4.90 Å². The molecule has 0 saturated heterocycles. The average molecular weight is 205 g/mol. The van der Waals surface area contributed by atoms with Crippen LogP contribution in [-0.2, 0) is 11.2 Å². The third-order valence-corrected chi connectivity index (χ3v) is 3.38. The molecule has 1 atom stereocenters. The van der Waals surface area contributed by atoms with Crippen molar-refractivity contribution in [2.75, 3.05) is 27.3 Å². The van der Waals surface area contributed by atoms with Gasteiger partial charge in [0.05, 0.1) is 12.6 Å². The van der Waals surface area contributed by atoms with E-state index in [-0.39, 0.29) is 0 Å². The fourth-order valence-corrected chi connectivity index (χ4v) is 2.43. The quantitative estimate of drug-likeness (QED) is 0.733. The van der Waals surface area contributed by atoms with Gasteiger partial charge in [0, 0.05) is 13.7 Å². The second-order valence-electron chi connectivity index (χ2n) is 4.34. The number of fused-ring (bicyclic) bond motifs is 1. The molecule has 1 unspecified atom stereocenters. The molecule has 2 heteroatoms. The van der Waals surface area contributed by atoms with Gasteiger partial charge in [-0.3, -0.25) is 4.90 Å². The topological polar surface area (TPSA) is 12.5 Å². The normalized spacial score (nSPS) is 21.4. The standard InChI is InChI=1S/C13H19NO/c1-10-5-4-6-12-11(10)7-8-14(2)13(12)9-15-3/h4-6,13H,7-9H2,1-3H3. The van der Waals surface area contributed by atoms with Crippen LogP contribution in [0.2, 0.25) is 0 Å². The van der Waals surface area contributed by atoms with E-state index in [9.17, 15) is 0 Å². The van der Waals surface area contributed by atoms with Crippen LogP contribution in [0.15, 0.2) is 18.2 Å². The highest BCUT2D eigenvalue weighted by Gasteiger charge is 2.24. The lowest BCUT2D eigenvalue weighted by Gasteiger charge is -2.34. The molecule has 2 nitrogen and oxygen atoms in total. The van der Waals surface area contributed by atoms with Gasteiger partial charge in [-0.15, -0.1) is 0 Å². The summed E-state index contributed by atoms with van der Waals surface area (Å²) >= 11 is 0. The van der Waals surface area contributed by atoms with Gasteiger partial charge in [-0.25, -0.2) is 0 Å². The van der Waals surface area contributed by atoms with Crippen LogP contribution in [0.3, 0.4) is 0 Å². The summed E-state index contributed by atoms with van der Waals surface area (Å²) in [5.74, 6) is 0. The van der Waals surface area contributed by atoms with E-state index >= 15 is 0 Å². The lowest BCUT2D eigenvalue weighted by molar-refractivity contribution is 0.100. The summed E-state index contributed by atoms with van der Waals surface area (Å²) in [4.78, 5) is 2.38. The Labute approximate surface area is 91.9 Å². The lowest BCUT2D eigenvalue weighted by Crippen LogP contribution is -2.35. The van der Waals surface area contributed by atoms with Gasteiger partial charge >= 0.3 is 0 Å². The van der Waals surface area contributed by atoms with Crippen molar-refractivity contribution in [3.63, 3.8) is 0 Å². The highest BCUT2D eigenvalue weighted by Crippen LogP contribution is 2.30. The van der Waals surface area contributed by atoms with E-state index in [1.807, 2.05) is 0 Å².